The average molecular weight is 222 g/mol. The van der Waals surface area contributed by atoms with Crippen molar-refractivity contribution in [2.45, 2.75) is 20.3 Å². The fourth-order valence-corrected chi connectivity index (χ4v) is 1.59. The summed E-state index contributed by atoms with van der Waals surface area (Å²) in [7, 11) is 3.11. The van der Waals surface area contributed by atoms with Gasteiger partial charge in [0.1, 0.15) is 0 Å². The molecule has 0 spiro atoms. The lowest BCUT2D eigenvalue weighted by molar-refractivity contribution is 0.0964. The zero-order valence-corrected chi connectivity index (χ0v) is 10.2. The summed E-state index contributed by atoms with van der Waals surface area (Å²) in [5.41, 5.74) is 0.593. The molecule has 0 aliphatic rings. The van der Waals surface area contributed by atoms with Crippen LogP contribution in [0.4, 0.5) is 0 Å². The van der Waals surface area contributed by atoms with E-state index in [2.05, 4.69) is 0 Å². The van der Waals surface area contributed by atoms with Gasteiger partial charge in [0.25, 0.3) is 0 Å². The van der Waals surface area contributed by atoms with Gasteiger partial charge in [0.15, 0.2) is 17.3 Å². The first-order valence-corrected chi connectivity index (χ1v) is 5.34. The Balaban J connectivity index is 3.07. The van der Waals surface area contributed by atoms with Gasteiger partial charge in [0, 0.05) is 6.42 Å². The maximum atomic E-state index is 12.0. The Morgan fingerprint density at radius 2 is 1.94 bits per heavy atom. The maximum Gasteiger partial charge on any atom is 0.171 e. The van der Waals surface area contributed by atoms with Gasteiger partial charge in [0.05, 0.1) is 19.8 Å². The molecule has 0 fully saturated rings. The molecule has 0 heterocycles. The maximum absolute atomic E-state index is 12.0. The minimum Gasteiger partial charge on any atom is -0.493 e. The molecule has 0 amide bonds. The van der Waals surface area contributed by atoms with E-state index in [0.717, 1.165) is 0 Å². The second-order valence-electron chi connectivity index (χ2n) is 4.06. The monoisotopic (exact) mass is 222 g/mol. The fourth-order valence-electron chi connectivity index (χ4n) is 1.59. The lowest BCUT2D eigenvalue weighted by Gasteiger charge is -2.12. The van der Waals surface area contributed by atoms with Gasteiger partial charge < -0.3 is 9.47 Å². The van der Waals surface area contributed by atoms with E-state index in [1.165, 1.54) is 0 Å². The third-order valence-electron chi connectivity index (χ3n) is 2.30. The van der Waals surface area contributed by atoms with E-state index in [4.69, 9.17) is 9.47 Å². The topological polar surface area (TPSA) is 35.5 Å². The fraction of sp³-hybridized carbons (Fsp3) is 0.462. The summed E-state index contributed by atoms with van der Waals surface area (Å²) in [5, 5.41) is 0. The number of rotatable bonds is 5. The molecule has 3 heteroatoms. The van der Waals surface area contributed by atoms with Crippen LogP contribution in [0.3, 0.4) is 0 Å². The molecule has 1 rings (SSSR count). The standard InChI is InChI=1S/C13H18O3/c1-9(2)8-11(14)10-6-5-7-12(15-3)13(10)16-4/h5-7,9H,8H2,1-4H3. The van der Waals surface area contributed by atoms with E-state index in [-0.39, 0.29) is 5.78 Å². The number of ether oxygens (including phenoxy) is 2. The molecule has 16 heavy (non-hydrogen) atoms. The first kappa shape index (κ1) is 12.6. The summed E-state index contributed by atoms with van der Waals surface area (Å²) in [6, 6.07) is 5.35. The van der Waals surface area contributed by atoms with Crippen LogP contribution < -0.4 is 9.47 Å². The lowest BCUT2D eigenvalue weighted by atomic mass is 10.0. The van der Waals surface area contributed by atoms with Crippen molar-refractivity contribution in [2.75, 3.05) is 14.2 Å². The van der Waals surface area contributed by atoms with Crippen molar-refractivity contribution in [2.24, 2.45) is 5.92 Å². The predicted octanol–water partition coefficient (Wildman–Crippen LogP) is 2.93. The molecule has 0 aliphatic carbocycles. The predicted molar refractivity (Wildman–Crippen MR) is 63.3 cm³/mol. The van der Waals surface area contributed by atoms with Crippen molar-refractivity contribution in [3.8, 4) is 11.5 Å². The lowest BCUT2D eigenvalue weighted by Crippen LogP contribution is -2.06. The molecule has 1 aromatic rings. The first-order valence-electron chi connectivity index (χ1n) is 5.34. The number of carbonyl (C=O) groups is 1. The van der Waals surface area contributed by atoms with Crippen LogP contribution in [0.5, 0.6) is 11.5 Å². The molecular formula is C13H18O3. The number of hydrogen-bond donors (Lipinski definition) is 0. The highest BCUT2D eigenvalue weighted by Crippen LogP contribution is 2.31. The Labute approximate surface area is 96.4 Å². The van der Waals surface area contributed by atoms with Crippen molar-refractivity contribution in [1.82, 2.24) is 0 Å². The zero-order valence-electron chi connectivity index (χ0n) is 10.2. The van der Waals surface area contributed by atoms with Gasteiger partial charge in [-0.2, -0.15) is 0 Å². The smallest absolute Gasteiger partial charge is 0.171 e. The molecule has 1 aromatic carbocycles. The number of hydrogen-bond acceptors (Lipinski definition) is 3. The molecule has 0 bridgehead atoms. The van der Waals surface area contributed by atoms with Crippen molar-refractivity contribution in [3.63, 3.8) is 0 Å². The number of ketones is 1. The molecule has 0 atom stereocenters. The SMILES string of the molecule is COc1cccc(C(=O)CC(C)C)c1OC. The normalized spacial score (nSPS) is 10.3. The van der Waals surface area contributed by atoms with Gasteiger partial charge in [-0.25, -0.2) is 0 Å². The Kier molecular flexibility index (Phi) is 4.35. The molecule has 0 saturated carbocycles. The summed E-state index contributed by atoms with van der Waals surface area (Å²) in [4.78, 5) is 12.0. The van der Waals surface area contributed by atoms with Crippen LogP contribution in [0.15, 0.2) is 18.2 Å². The summed E-state index contributed by atoms with van der Waals surface area (Å²) >= 11 is 0. The molecule has 0 N–H and O–H groups in total. The Bertz CT molecular complexity index is 369. The van der Waals surface area contributed by atoms with E-state index in [1.807, 2.05) is 13.8 Å². The van der Waals surface area contributed by atoms with E-state index < -0.39 is 0 Å². The van der Waals surface area contributed by atoms with Crippen LogP contribution in [0.1, 0.15) is 30.6 Å². The quantitative estimate of drug-likeness (QED) is 0.718. The summed E-state index contributed by atoms with van der Waals surface area (Å²) in [6.07, 6.45) is 0.517. The molecule has 0 saturated heterocycles. The third kappa shape index (κ3) is 2.75. The van der Waals surface area contributed by atoms with Crippen LogP contribution >= 0.6 is 0 Å². The van der Waals surface area contributed by atoms with Crippen LogP contribution in [-0.2, 0) is 0 Å². The van der Waals surface area contributed by atoms with E-state index >= 15 is 0 Å². The van der Waals surface area contributed by atoms with Gasteiger partial charge in [0.2, 0.25) is 0 Å². The first-order chi connectivity index (χ1) is 7.60. The minimum atomic E-state index is 0.0887. The summed E-state index contributed by atoms with van der Waals surface area (Å²) < 4.78 is 10.4. The van der Waals surface area contributed by atoms with Crippen LogP contribution in [0, 0.1) is 5.92 Å². The second kappa shape index (κ2) is 5.54. The molecule has 0 radical (unpaired) electrons. The highest BCUT2D eigenvalue weighted by Gasteiger charge is 2.16. The van der Waals surface area contributed by atoms with Crippen LogP contribution in [-0.4, -0.2) is 20.0 Å². The van der Waals surface area contributed by atoms with E-state index in [9.17, 15) is 4.79 Å². The minimum absolute atomic E-state index is 0.0887. The highest BCUT2D eigenvalue weighted by atomic mass is 16.5. The van der Waals surface area contributed by atoms with E-state index in [1.54, 1.807) is 32.4 Å². The van der Waals surface area contributed by atoms with Gasteiger partial charge in [-0.1, -0.05) is 19.9 Å². The zero-order chi connectivity index (χ0) is 12.1. The average Bonchev–Trinajstić information content (AvgIpc) is 2.26. The molecule has 88 valence electrons. The molecule has 0 aliphatic heterocycles. The molecule has 0 unspecified atom stereocenters. The number of methoxy groups -OCH3 is 2. The number of carbonyl (C=O) groups excluding carboxylic acids is 1. The summed E-state index contributed by atoms with van der Waals surface area (Å²) in [6.45, 7) is 4.04. The van der Waals surface area contributed by atoms with Gasteiger partial charge >= 0.3 is 0 Å². The summed E-state index contributed by atoms with van der Waals surface area (Å²) in [5.74, 6) is 1.54. The van der Waals surface area contributed by atoms with Crippen LogP contribution in [0.25, 0.3) is 0 Å². The Morgan fingerprint density at radius 3 is 2.44 bits per heavy atom. The highest BCUT2D eigenvalue weighted by molar-refractivity contribution is 5.99. The van der Waals surface area contributed by atoms with Gasteiger partial charge in [-0.15, -0.1) is 0 Å². The molecular weight excluding hydrogens is 204 g/mol. The largest absolute Gasteiger partial charge is 0.493 e. The second-order valence-corrected chi connectivity index (χ2v) is 4.06. The van der Waals surface area contributed by atoms with Crippen LogP contribution in [0.2, 0.25) is 0 Å². The molecule has 3 nitrogen and oxygen atoms in total. The number of benzene rings is 1. The van der Waals surface area contributed by atoms with Crippen molar-refractivity contribution >= 4 is 5.78 Å². The molecule has 0 aromatic heterocycles. The van der Waals surface area contributed by atoms with Crippen molar-refractivity contribution in [1.29, 1.82) is 0 Å². The van der Waals surface area contributed by atoms with Crippen molar-refractivity contribution < 1.29 is 14.3 Å². The van der Waals surface area contributed by atoms with E-state index in [0.29, 0.717) is 29.4 Å². The number of para-hydroxylation sites is 1. The third-order valence-corrected chi connectivity index (χ3v) is 2.30. The van der Waals surface area contributed by atoms with Crippen molar-refractivity contribution in [3.05, 3.63) is 23.8 Å². The van der Waals surface area contributed by atoms with Gasteiger partial charge in [-0.05, 0) is 18.1 Å². The Morgan fingerprint density at radius 1 is 1.25 bits per heavy atom. The number of Topliss-reactive ketones (excluding diaryl/α,β-unsaturated/α-hetero) is 1. The Hall–Kier alpha value is -1.51. The van der Waals surface area contributed by atoms with Gasteiger partial charge in [-0.3, -0.25) is 4.79 Å².